The monoisotopic (exact) mass is 450 g/mol. The smallest absolute Gasteiger partial charge is 0.300 e. The zero-order chi connectivity index (χ0) is 21.9. The number of hydrogen-bond donors (Lipinski definition) is 0. The van der Waals surface area contributed by atoms with Gasteiger partial charge in [0.25, 0.3) is 0 Å². The highest BCUT2D eigenvalue weighted by Crippen LogP contribution is 2.49. The molecule has 0 bridgehead atoms. The second kappa shape index (κ2) is 8.44. The van der Waals surface area contributed by atoms with Gasteiger partial charge in [-0.3, -0.25) is 4.48 Å². The van der Waals surface area contributed by atoms with Gasteiger partial charge in [0.1, 0.15) is 0 Å². The van der Waals surface area contributed by atoms with Gasteiger partial charge in [0.05, 0.1) is 21.1 Å². The van der Waals surface area contributed by atoms with Crippen LogP contribution in [0.15, 0.2) is 0 Å². The number of halogens is 6. The van der Waals surface area contributed by atoms with Crippen LogP contribution in [0, 0.1) is 0 Å². The molecule has 0 unspecified atom stereocenters. The molecule has 5 nitrogen and oxygen atoms in total. The summed E-state index contributed by atoms with van der Waals surface area (Å²) in [6.45, 7) is 1.90. The molecule has 0 aliphatic heterocycles. The van der Waals surface area contributed by atoms with Gasteiger partial charge in [-0.2, -0.15) is 26.3 Å². The Labute approximate surface area is 156 Å². The summed E-state index contributed by atoms with van der Waals surface area (Å²) < 4.78 is 122. The number of sulfone groups is 2. The van der Waals surface area contributed by atoms with E-state index in [1.54, 1.807) is 0 Å². The lowest BCUT2D eigenvalue weighted by Gasteiger charge is -2.44. The van der Waals surface area contributed by atoms with Crippen LogP contribution in [-0.2, 0) is 19.7 Å². The molecule has 0 aromatic rings. The van der Waals surface area contributed by atoms with Gasteiger partial charge in [0, 0.05) is 6.42 Å². The van der Waals surface area contributed by atoms with Crippen molar-refractivity contribution < 1.29 is 47.7 Å². The van der Waals surface area contributed by atoms with Crippen molar-refractivity contribution in [1.82, 2.24) is 0 Å². The van der Waals surface area contributed by atoms with Crippen LogP contribution < -0.4 is 0 Å². The second-order valence-corrected chi connectivity index (χ2v) is 11.7. The van der Waals surface area contributed by atoms with E-state index in [4.69, 9.17) is 0 Å². The van der Waals surface area contributed by atoms with E-state index < -0.39 is 52.2 Å². The van der Waals surface area contributed by atoms with Gasteiger partial charge in [-0.15, -0.1) is 0 Å². The van der Waals surface area contributed by atoms with E-state index in [1.165, 1.54) is 0 Å². The van der Waals surface area contributed by atoms with E-state index in [0.717, 1.165) is 12.8 Å². The Morgan fingerprint density at radius 3 is 1.30 bits per heavy atom. The minimum atomic E-state index is -6.73. The number of nitrogens with zero attached hydrogens (tertiary/aromatic N) is 1. The molecule has 164 valence electrons. The Bertz CT molecular complexity index is 647. The van der Waals surface area contributed by atoms with Crippen LogP contribution in [0.2, 0.25) is 0 Å². The van der Waals surface area contributed by atoms with Gasteiger partial charge in [0.15, 0.2) is 0 Å². The van der Waals surface area contributed by atoms with Crippen molar-refractivity contribution in [3.05, 3.63) is 0 Å². The lowest BCUT2D eigenvalue weighted by Crippen LogP contribution is -2.70. The number of unbranched alkanes of at least 4 members (excludes halogenated alkanes) is 5. The van der Waals surface area contributed by atoms with Crippen molar-refractivity contribution >= 4 is 19.7 Å². The topological polar surface area (TPSA) is 68.3 Å². The minimum absolute atomic E-state index is 0.114. The first-order chi connectivity index (χ1) is 11.8. The third-order valence-corrected chi connectivity index (χ3v) is 10.0. The predicted octanol–water partition coefficient (Wildman–Crippen LogP) is 3.97. The molecule has 0 heterocycles. The molecule has 0 spiro atoms. The normalized spacial score (nSPS) is 15.2. The van der Waals surface area contributed by atoms with Crippen molar-refractivity contribution in [3.63, 3.8) is 0 Å². The van der Waals surface area contributed by atoms with Crippen LogP contribution in [-0.4, -0.2) is 57.7 Å². The average molecular weight is 450 g/mol. The summed E-state index contributed by atoms with van der Waals surface area (Å²) in [6, 6.07) is 0. The second-order valence-electron chi connectivity index (χ2n) is 7.14. The van der Waals surface area contributed by atoms with E-state index in [-0.39, 0.29) is 6.42 Å². The molecule has 13 heteroatoms. The summed E-state index contributed by atoms with van der Waals surface area (Å²) in [6.07, 6.45) is 1.12. The van der Waals surface area contributed by atoms with Gasteiger partial charge in [-0.25, -0.2) is 16.8 Å². The molecule has 0 saturated carbocycles. The molecule has 0 radical (unpaired) electrons. The van der Waals surface area contributed by atoms with Crippen molar-refractivity contribution in [1.29, 1.82) is 0 Å². The first-order valence-corrected chi connectivity index (χ1v) is 11.2. The fraction of sp³-hybridized carbons (Fsp3) is 1.00. The first-order valence-electron chi connectivity index (χ1n) is 8.24. The summed E-state index contributed by atoms with van der Waals surface area (Å²) in [5.41, 5.74) is -12.3. The Morgan fingerprint density at radius 1 is 0.667 bits per heavy atom. The maximum Gasteiger partial charge on any atom is 0.504 e. The van der Waals surface area contributed by atoms with Gasteiger partial charge in [0.2, 0.25) is 0 Å². The number of alkyl halides is 6. The molecule has 0 aromatic heterocycles. The third-order valence-electron chi connectivity index (χ3n) is 4.32. The largest absolute Gasteiger partial charge is 0.504 e. The van der Waals surface area contributed by atoms with Gasteiger partial charge in [-0.05, 0) is 6.42 Å². The molecule has 0 fully saturated rings. The molecule has 0 saturated heterocycles. The van der Waals surface area contributed by atoms with Crippen LogP contribution in [0.1, 0.15) is 51.9 Å². The van der Waals surface area contributed by atoms with Crippen LogP contribution in [0.5, 0.6) is 0 Å². The average Bonchev–Trinajstić information content (AvgIpc) is 2.42. The number of hydrogen-bond acceptors (Lipinski definition) is 4. The van der Waals surface area contributed by atoms with Crippen molar-refractivity contribution in [3.8, 4) is 0 Å². The molecular weight excluding hydrogens is 424 g/mol. The minimum Gasteiger partial charge on any atom is -0.300 e. The summed E-state index contributed by atoms with van der Waals surface area (Å²) in [7, 11) is -11.4. The molecule has 0 rings (SSSR count). The van der Waals surface area contributed by atoms with Crippen LogP contribution in [0.3, 0.4) is 0 Å². The maximum absolute atomic E-state index is 13.2. The molecule has 0 aliphatic rings. The molecule has 0 aromatic carbocycles. The summed E-state index contributed by atoms with van der Waals surface area (Å²) in [4.78, 5) is 0. The van der Waals surface area contributed by atoms with Crippen molar-refractivity contribution in [2.45, 2.75) is 67.1 Å². The molecule has 0 amide bonds. The van der Waals surface area contributed by atoms with E-state index in [1.807, 2.05) is 6.92 Å². The highest BCUT2D eigenvalue weighted by Gasteiger charge is 2.79. The Morgan fingerprint density at radius 2 is 1.00 bits per heavy atom. The van der Waals surface area contributed by atoms with Crippen LogP contribution >= 0.6 is 0 Å². The maximum atomic E-state index is 13.2. The van der Waals surface area contributed by atoms with Gasteiger partial charge in [-0.1, -0.05) is 39.0 Å². The summed E-state index contributed by atoms with van der Waals surface area (Å²) in [5.74, 6) is 0. The first kappa shape index (κ1) is 26.4. The van der Waals surface area contributed by atoms with Gasteiger partial charge >= 0.3 is 34.9 Å². The SMILES string of the molecule is CCCCCCCCC([N+](C)(C)C)(S(=O)(=O)C(F)(F)F)S(=O)(=O)C(F)(F)F. The zero-order valence-electron chi connectivity index (χ0n) is 15.6. The molecule has 0 atom stereocenters. The quantitative estimate of drug-likeness (QED) is 0.287. The highest BCUT2D eigenvalue weighted by molar-refractivity contribution is 8.10. The number of quaternary nitrogens is 1. The van der Waals surface area contributed by atoms with E-state index in [2.05, 4.69) is 0 Å². The molecule has 0 N–H and O–H groups in total. The number of rotatable bonds is 10. The van der Waals surface area contributed by atoms with E-state index in [0.29, 0.717) is 34.0 Å². The predicted molar refractivity (Wildman–Crippen MR) is 88.7 cm³/mol. The summed E-state index contributed by atoms with van der Waals surface area (Å²) in [5, 5.41) is 0. The summed E-state index contributed by atoms with van der Waals surface area (Å²) >= 11 is 0. The van der Waals surface area contributed by atoms with Crippen molar-refractivity contribution in [2.75, 3.05) is 21.1 Å². The molecular formula is C14H26F6NO4S2+. The molecule has 27 heavy (non-hydrogen) atoms. The van der Waals surface area contributed by atoms with Gasteiger partial charge < -0.3 is 0 Å². The Hall–Kier alpha value is -0.560. The van der Waals surface area contributed by atoms with Crippen LogP contribution in [0.25, 0.3) is 0 Å². The fourth-order valence-corrected chi connectivity index (χ4v) is 7.67. The van der Waals surface area contributed by atoms with Crippen LogP contribution in [0.4, 0.5) is 26.3 Å². The zero-order valence-corrected chi connectivity index (χ0v) is 17.2. The fourth-order valence-electron chi connectivity index (χ4n) is 2.96. The Kier molecular flexibility index (Phi) is 8.26. The van der Waals surface area contributed by atoms with E-state index in [9.17, 15) is 43.2 Å². The molecule has 0 aliphatic carbocycles. The highest BCUT2D eigenvalue weighted by atomic mass is 32.3. The Balaban J connectivity index is 6.45. The third kappa shape index (κ3) is 4.89. The lowest BCUT2D eigenvalue weighted by atomic mass is 10.1. The lowest BCUT2D eigenvalue weighted by molar-refractivity contribution is -0.893. The van der Waals surface area contributed by atoms with E-state index >= 15 is 0 Å². The van der Waals surface area contributed by atoms with Crippen molar-refractivity contribution in [2.24, 2.45) is 0 Å². The standard InChI is InChI=1S/C14H26F6NO4S2/c1-5-6-7-8-9-10-11-12(21(2,3)4,26(22,23)13(15,16)17)27(24,25)14(18,19)20/h5-11H2,1-4H3/q+1.